The van der Waals surface area contributed by atoms with E-state index in [1.807, 2.05) is 5.32 Å². The number of aromatic amines is 1. The first kappa shape index (κ1) is 13.5. The van der Waals surface area contributed by atoms with Gasteiger partial charge in [0.2, 0.25) is 5.91 Å². The minimum absolute atomic E-state index is 0.245. The minimum atomic E-state index is -4.30. The van der Waals surface area contributed by atoms with Gasteiger partial charge in [-0.1, -0.05) is 0 Å². The Labute approximate surface area is 95.8 Å². The van der Waals surface area contributed by atoms with E-state index < -0.39 is 18.6 Å². The quantitative estimate of drug-likeness (QED) is 0.712. The van der Waals surface area contributed by atoms with Crippen molar-refractivity contribution in [2.75, 3.05) is 13.1 Å². The molecule has 1 amide bonds. The van der Waals surface area contributed by atoms with Gasteiger partial charge in [-0.25, -0.2) is 0 Å². The molecule has 0 aliphatic heterocycles. The number of hydrogen-bond acceptors (Lipinski definition) is 3. The van der Waals surface area contributed by atoms with Crippen LogP contribution in [0.4, 0.5) is 13.2 Å². The monoisotopic (exact) mass is 250 g/mol. The van der Waals surface area contributed by atoms with Crippen molar-refractivity contribution in [3.8, 4) is 0 Å². The summed E-state index contributed by atoms with van der Waals surface area (Å²) in [6, 6.07) is 0. The molecule has 0 spiro atoms. The van der Waals surface area contributed by atoms with E-state index in [2.05, 4.69) is 15.5 Å². The predicted octanol–water partition coefficient (Wildman–Crippen LogP) is 0.486. The highest BCUT2D eigenvalue weighted by atomic mass is 19.4. The fraction of sp³-hybridized carbons (Fsp3) is 0.556. The van der Waals surface area contributed by atoms with Gasteiger partial charge >= 0.3 is 6.18 Å². The number of rotatable bonds is 5. The maximum absolute atomic E-state index is 11.8. The number of nitrogens with one attached hydrogen (secondary N) is 3. The summed E-state index contributed by atoms with van der Waals surface area (Å²) in [7, 11) is 0. The summed E-state index contributed by atoms with van der Waals surface area (Å²) in [4.78, 5) is 11.2. The molecule has 1 aromatic heterocycles. The van der Waals surface area contributed by atoms with Gasteiger partial charge in [0.25, 0.3) is 0 Å². The van der Waals surface area contributed by atoms with E-state index >= 15 is 0 Å². The van der Waals surface area contributed by atoms with E-state index in [1.165, 1.54) is 0 Å². The molecule has 8 heteroatoms. The molecule has 0 fully saturated rings. The number of hydrogen-bond donors (Lipinski definition) is 3. The fourth-order valence-electron chi connectivity index (χ4n) is 1.13. The molecule has 0 radical (unpaired) electrons. The lowest BCUT2D eigenvalue weighted by Gasteiger charge is -2.08. The average Bonchev–Trinajstić information content (AvgIpc) is 2.59. The third-order valence-electron chi connectivity index (χ3n) is 2.02. The van der Waals surface area contributed by atoms with Crippen LogP contribution in [0.5, 0.6) is 0 Å². The lowest BCUT2D eigenvalue weighted by molar-refractivity contribution is -0.128. The highest BCUT2D eigenvalue weighted by molar-refractivity contribution is 5.77. The van der Waals surface area contributed by atoms with Crippen LogP contribution in [0.25, 0.3) is 0 Å². The smallest absolute Gasteiger partial charge is 0.351 e. The molecule has 0 aromatic carbocycles. The van der Waals surface area contributed by atoms with Crippen molar-refractivity contribution in [1.82, 2.24) is 20.8 Å². The zero-order valence-electron chi connectivity index (χ0n) is 9.19. The molecule has 0 bridgehead atoms. The first-order chi connectivity index (χ1) is 7.88. The standard InChI is InChI=1S/C9H13F3N4O/c1-6-7(3-15-16-6)2-14-8(17)4-13-5-9(10,11)12/h3,13H,2,4-5H2,1H3,(H,14,17)(H,15,16). The van der Waals surface area contributed by atoms with E-state index in [-0.39, 0.29) is 13.1 Å². The van der Waals surface area contributed by atoms with E-state index in [0.717, 1.165) is 11.3 Å². The summed E-state index contributed by atoms with van der Waals surface area (Å²) in [6.45, 7) is 0.493. The second-order valence-corrected chi connectivity index (χ2v) is 3.52. The Morgan fingerprint density at radius 3 is 2.76 bits per heavy atom. The maximum Gasteiger partial charge on any atom is 0.401 e. The van der Waals surface area contributed by atoms with Crippen LogP contribution >= 0.6 is 0 Å². The molecule has 5 nitrogen and oxygen atoms in total. The normalized spacial score (nSPS) is 11.5. The van der Waals surface area contributed by atoms with Crippen LogP contribution in [0, 0.1) is 6.92 Å². The number of carbonyl (C=O) groups excluding carboxylic acids is 1. The van der Waals surface area contributed by atoms with Crippen molar-refractivity contribution in [3.05, 3.63) is 17.5 Å². The van der Waals surface area contributed by atoms with Gasteiger partial charge in [0.15, 0.2) is 0 Å². The van der Waals surface area contributed by atoms with Crippen LogP contribution in [-0.4, -0.2) is 35.4 Å². The van der Waals surface area contributed by atoms with Gasteiger partial charge in [-0.3, -0.25) is 9.89 Å². The van der Waals surface area contributed by atoms with Gasteiger partial charge in [-0.2, -0.15) is 18.3 Å². The molecule has 0 unspecified atom stereocenters. The van der Waals surface area contributed by atoms with Crippen LogP contribution < -0.4 is 10.6 Å². The molecule has 1 rings (SSSR count). The van der Waals surface area contributed by atoms with Crippen molar-refractivity contribution in [2.45, 2.75) is 19.6 Å². The Morgan fingerprint density at radius 1 is 1.53 bits per heavy atom. The number of H-pyrrole nitrogens is 1. The first-order valence-corrected chi connectivity index (χ1v) is 4.91. The van der Waals surface area contributed by atoms with Crippen LogP contribution in [0.2, 0.25) is 0 Å². The van der Waals surface area contributed by atoms with Crippen LogP contribution in [-0.2, 0) is 11.3 Å². The summed E-state index contributed by atoms with van der Waals surface area (Å²) in [5, 5.41) is 10.9. The van der Waals surface area contributed by atoms with Gasteiger partial charge in [-0.15, -0.1) is 0 Å². The zero-order chi connectivity index (χ0) is 12.9. The molecule has 1 aromatic rings. The molecular formula is C9H13F3N4O. The van der Waals surface area contributed by atoms with E-state index in [9.17, 15) is 18.0 Å². The zero-order valence-corrected chi connectivity index (χ0v) is 9.19. The topological polar surface area (TPSA) is 69.8 Å². The molecular weight excluding hydrogens is 237 g/mol. The van der Waals surface area contributed by atoms with Crippen molar-refractivity contribution in [1.29, 1.82) is 0 Å². The average molecular weight is 250 g/mol. The van der Waals surface area contributed by atoms with Gasteiger partial charge in [0.05, 0.1) is 19.3 Å². The molecule has 0 saturated heterocycles. The summed E-state index contributed by atoms with van der Waals surface area (Å²) in [5.74, 6) is -0.491. The number of carbonyl (C=O) groups is 1. The number of nitrogens with zero attached hydrogens (tertiary/aromatic N) is 1. The molecule has 0 aliphatic rings. The van der Waals surface area contributed by atoms with Crippen LogP contribution in [0.1, 0.15) is 11.3 Å². The molecule has 1 heterocycles. The summed E-state index contributed by atoms with van der Waals surface area (Å²) >= 11 is 0. The molecule has 96 valence electrons. The van der Waals surface area contributed by atoms with E-state index in [4.69, 9.17) is 0 Å². The number of aryl methyl sites for hydroxylation is 1. The van der Waals surface area contributed by atoms with Gasteiger partial charge in [-0.05, 0) is 6.92 Å². The van der Waals surface area contributed by atoms with Crippen molar-refractivity contribution < 1.29 is 18.0 Å². The molecule has 0 atom stereocenters. The summed E-state index contributed by atoms with van der Waals surface area (Å²) in [6.07, 6.45) is -2.75. The molecule has 17 heavy (non-hydrogen) atoms. The number of aromatic nitrogens is 2. The second-order valence-electron chi connectivity index (χ2n) is 3.52. The third-order valence-corrected chi connectivity index (χ3v) is 2.02. The molecule has 0 saturated carbocycles. The highest BCUT2D eigenvalue weighted by Gasteiger charge is 2.26. The maximum atomic E-state index is 11.8. The van der Waals surface area contributed by atoms with E-state index in [1.54, 1.807) is 13.1 Å². The summed E-state index contributed by atoms with van der Waals surface area (Å²) in [5.41, 5.74) is 1.61. The van der Waals surface area contributed by atoms with Crippen molar-refractivity contribution >= 4 is 5.91 Å². The van der Waals surface area contributed by atoms with Crippen molar-refractivity contribution in [2.24, 2.45) is 0 Å². The van der Waals surface area contributed by atoms with Crippen LogP contribution in [0.3, 0.4) is 0 Å². The van der Waals surface area contributed by atoms with E-state index in [0.29, 0.717) is 0 Å². The van der Waals surface area contributed by atoms with Crippen molar-refractivity contribution in [3.63, 3.8) is 0 Å². The predicted molar refractivity (Wildman–Crippen MR) is 54.1 cm³/mol. The minimum Gasteiger partial charge on any atom is -0.351 e. The SMILES string of the molecule is Cc1[nH]ncc1CNC(=O)CNCC(F)(F)F. The first-order valence-electron chi connectivity index (χ1n) is 4.91. The second kappa shape index (κ2) is 5.67. The number of alkyl halides is 3. The molecule has 3 N–H and O–H groups in total. The van der Waals surface area contributed by atoms with Gasteiger partial charge in [0.1, 0.15) is 0 Å². The Bertz CT molecular complexity index is 375. The number of amides is 1. The number of halogens is 3. The Kier molecular flexibility index (Phi) is 4.50. The third kappa shape index (κ3) is 5.34. The van der Waals surface area contributed by atoms with Gasteiger partial charge in [0, 0.05) is 17.8 Å². The molecule has 0 aliphatic carbocycles. The Balaban J connectivity index is 2.20. The van der Waals surface area contributed by atoms with Crippen LogP contribution in [0.15, 0.2) is 6.20 Å². The lowest BCUT2D eigenvalue weighted by Crippen LogP contribution is -2.38. The largest absolute Gasteiger partial charge is 0.401 e. The Morgan fingerprint density at radius 2 is 2.24 bits per heavy atom. The Hall–Kier alpha value is -1.57. The highest BCUT2D eigenvalue weighted by Crippen LogP contribution is 2.11. The van der Waals surface area contributed by atoms with Gasteiger partial charge < -0.3 is 10.6 Å². The summed E-state index contributed by atoms with van der Waals surface area (Å²) < 4.78 is 35.3. The fourth-order valence-corrected chi connectivity index (χ4v) is 1.13. The lowest BCUT2D eigenvalue weighted by atomic mass is 10.2.